The first-order chi connectivity index (χ1) is 7.97. The summed E-state index contributed by atoms with van der Waals surface area (Å²) in [6, 6.07) is 6.99. The summed E-state index contributed by atoms with van der Waals surface area (Å²) in [5.41, 5.74) is 0.410. The fraction of sp³-hybridized carbons (Fsp3) is 0.273. The van der Waals surface area contributed by atoms with Crippen LogP contribution in [0.25, 0.3) is 10.9 Å². The summed E-state index contributed by atoms with van der Waals surface area (Å²) in [5, 5.41) is 0.503. The van der Waals surface area contributed by atoms with Crippen molar-refractivity contribution in [2.45, 2.75) is 6.54 Å². The number of fused-ring (bicyclic) bond motifs is 1. The highest BCUT2D eigenvalue weighted by Crippen LogP contribution is 2.04. The summed E-state index contributed by atoms with van der Waals surface area (Å²) >= 11 is 0. The molecule has 17 heavy (non-hydrogen) atoms. The summed E-state index contributed by atoms with van der Waals surface area (Å²) in [6.45, 7) is 0.134. The third-order valence-corrected chi connectivity index (χ3v) is 3.36. The first-order valence-electron chi connectivity index (χ1n) is 5.09. The minimum absolute atomic E-state index is 0.0626. The molecule has 0 spiro atoms. The van der Waals surface area contributed by atoms with Gasteiger partial charge in [0.25, 0.3) is 5.56 Å². The van der Waals surface area contributed by atoms with Crippen molar-refractivity contribution < 1.29 is 8.42 Å². The second kappa shape index (κ2) is 4.29. The van der Waals surface area contributed by atoms with E-state index in [1.165, 1.54) is 10.9 Å². The van der Waals surface area contributed by atoms with Crippen molar-refractivity contribution in [1.29, 1.82) is 0 Å². The van der Waals surface area contributed by atoms with E-state index < -0.39 is 9.84 Å². The van der Waals surface area contributed by atoms with Crippen LogP contribution < -0.4 is 5.56 Å². The molecule has 1 heterocycles. The first-order valence-corrected chi connectivity index (χ1v) is 7.15. The maximum atomic E-state index is 12.0. The highest BCUT2D eigenvalue weighted by Gasteiger charge is 2.06. The molecule has 5 nitrogen and oxygen atoms in total. The number of nitrogens with zero attached hydrogens (tertiary/aromatic N) is 2. The second-order valence-corrected chi connectivity index (χ2v) is 6.15. The number of sulfone groups is 1. The van der Waals surface area contributed by atoms with E-state index in [1.54, 1.807) is 24.3 Å². The Bertz CT molecular complexity index is 704. The number of aryl methyl sites for hydroxylation is 1. The molecule has 0 atom stereocenters. The molecule has 0 N–H and O–H groups in total. The van der Waals surface area contributed by atoms with E-state index in [-0.39, 0.29) is 17.9 Å². The molecule has 1 aromatic heterocycles. The van der Waals surface area contributed by atoms with Crippen molar-refractivity contribution in [3.63, 3.8) is 0 Å². The Hall–Kier alpha value is -1.69. The van der Waals surface area contributed by atoms with Crippen LogP contribution >= 0.6 is 0 Å². The molecule has 0 aliphatic heterocycles. The Balaban J connectivity index is 2.43. The lowest BCUT2D eigenvalue weighted by Crippen LogP contribution is -2.24. The van der Waals surface area contributed by atoms with Gasteiger partial charge in [-0.3, -0.25) is 9.36 Å². The third kappa shape index (κ3) is 2.71. The Morgan fingerprint density at radius 3 is 2.71 bits per heavy atom. The van der Waals surface area contributed by atoms with Crippen LogP contribution in [0.5, 0.6) is 0 Å². The maximum absolute atomic E-state index is 12.0. The van der Waals surface area contributed by atoms with Crippen molar-refractivity contribution >= 4 is 20.7 Å². The lowest BCUT2D eigenvalue weighted by atomic mass is 10.2. The predicted octanol–water partition coefficient (Wildman–Crippen LogP) is 0.441. The molecule has 6 heteroatoms. The van der Waals surface area contributed by atoms with Gasteiger partial charge in [-0.2, -0.15) is 0 Å². The summed E-state index contributed by atoms with van der Waals surface area (Å²) in [4.78, 5) is 16.1. The topological polar surface area (TPSA) is 69.0 Å². The van der Waals surface area contributed by atoms with Crippen molar-refractivity contribution in [3.8, 4) is 0 Å². The molecule has 0 unspecified atom stereocenters. The highest BCUT2D eigenvalue weighted by molar-refractivity contribution is 7.90. The number of hydrogen-bond acceptors (Lipinski definition) is 4. The minimum atomic E-state index is -3.08. The predicted molar refractivity (Wildman–Crippen MR) is 65.7 cm³/mol. The van der Waals surface area contributed by atoms with Crippen LogP contribution in [0.15, 0.2) is 35.4 Å². The zero-order valence-electron chi connectivity index (χ0n) is 9.33. The molecule has 0 fully saturated rings. The molecule has 90 valence electrons. The van der Waals surface area contributed by atoms with E-state index in [9.17, 15) is 13.2 Å². The number of aromatic nitrogens is 2. The van der Waals surface area contributed by atoms with Crippen molar-refractivity contribution in [2.24, 2.45) is 0 Å². The number of rotatable bonds is 3. The molecule has 2 aromatic rings. The fourth-order valence-electron chi connectivity index (χ4n) is 1.53. The summed E-state index contributed by atoms with van der Waals surface area (Å²) < 4.78 is 23.4. The van der Waals surface area contributed by atoms with Gasteiger partial charge in [0, 0.05) is 12.8 Å². The Labute approximate surface area is 98.6 Å². The van der Waals surface area contributed by atoms with Gasteiger partial charge in [0.15, 0.2) is 0 Å². The SMILES string of the molecule is CS(=O)(=O)CCn1cnc2ccccc2c1=O. The second-order valence-electron chi connectivity index (χ2n) is 3.89. The van der Waals surface area contributed by atoms with Gasteiger partial charge in [0.05, 0.1) is 23.0 Å². The van der Waals surface area contributed by atoms with E-state index in [2.05, 4.69) is 4.98 Å². The van der Waals surface area contributed by atoms with Crippen LogP contribution in [0.3, 0.4) is 0 Å². The number of benzene rings is 1. The van der Waals surface area contributed by atoms with Crippen LogP contribution in [0.1, 0.15) is 0 Å². The van der Waals surface area contributed by atoms with E-state index >= 15 is 0 Å². The molecular weight excluding hydrogens is 240 g/mol. The van der Waals surface area contributed by atoms with Gasteiger partial charge in [0.2, 0.25) is 0 Å². The molecule has 0 saturated carbocycles. The van der Waals surface area contributed by atoms with Gasteiger partial charge in [-0.05, 0) is 12.1 Å². The molecular formula is C11H12N2O3S. The summed E-state index contributed by atoms with van der Waals surface area (Å²) in [6.07, 6.45) is 2.53. The summed E-state index contributed by atoms with van der Waals surface area (Å²) in [5.74, 6) is -0.0626. The zero-order valence-corrected chi connectivity index (χ0v) is 10.1. The van der Waals surface area contributed by atoms with Crippen LogP contribution in [0, 0.1) is 0 Å². The molecule has 2 rings (SSSR count). The normalized spacial score (nSPS) is 11.8. The van der Waals surface area contributed by atoms with Crippen LogP contribution in [-0.4, -0.2) is 30.0 Å². The Kier molecular flexibility index (Phi) is 2.97. The Morgan fingerprint density at radius 2 is 2.00 bits per heavy atom. The Morgan fingerprint density at radius 1 is 1.29 bits per heavy atom. The zero-order chi connectivity index (χ0) is 12.5. The largest absolute Gasteiger partial charge is 0.298 e. The highest BCUT2D eigenvalue weighted by atomic mass is 32.2. The maximum Gasteiger partial charge on any atom is 0.261 e. The van der Waals surface area contributed by atoms with Crippen LogP contribution in [0.4, 0.5) is 0 Å². The quantitative estimate of drug-likeness (QED) is 0.795. The number of hydrogen-bond donors (Lipinski definition) is 0. The molecule has 1 aromatic carbocycles. The molecule has 0 bridgehead atoms. The van der Waals surface area contributed by atoms with Gasteiger partial charge in [-0.15, -0.1) is 0 Å². The lowest BCUT2D eigenvalue weighted by Gasteiger charge is -2.05. The van der Waals surface area contributed by atoms with Gasteiger partial charge in [-0.1, -0.05) is 12.1 Å². The smallest absolute Gasteiger partial charge is 0.261 e. The fourth-order valence-corrected chi connectivity index (χ4v) is 2.06. The minimum Gasteiger partial charge on any atom is -0.298 e. The van der Waals surface area contributed by atoms with Crippen molar-refractivity contribution in [3.05, 3.63) is 40.9 Å². The molecule has 0 aliphatic rings. The van der Waals surface area contributed by atoms with Crippen LogP contribution in [-0.2, 0) is 16.4 Å². The van der Waals surface area contributed by atoms with E-state index in [1.807, 2.05) is 0 Å². The average molecular weight is 252 g/mol. The molecule has 0 aliphatic carbocycles. The first kappa shape index (κ1) is 11.8. The van der Waals surface area contributed by atoms with Crippen LogP contribution in [0.2, 0.25) is 0 Å². The molecule has 0 radical (unpaired) electrons. The van der Waals surface area contributed by atoms with Gasteiger partial charge in [0.1, 0.15) is 9.84 Å². The van der Waals surface area contributed by atoms with Gasteiger partial charge in [-0.25, -0.2) is 13.4 Å². The third-order valence-electron chi connectivity index (χ3n) is 2.43. The lowest BCUT2D eigenvalue weighted by molar-refractivity contribution is 0.592. The standard InChI is InChI=1S/C11H12N2O3S/c1-17(15,16)7-6-13-8-12-10-5-3-2-4-9(10)11(13)14/h2-5,8H,6-7H2,1H3. The average Bonchev–Trinajstić information content (AvgIpc) is 2.27. The van der Waals surface area contributed by atoms with E-state index in [0.717, 1.165) is 6.26 Å². The molecule has 0 amide bonds. The van der Waals surface area contributed by atoms with Crippen molar-refractivity contribution in [1.82, 2.24) is 9.55 Å². The van der Waals surface area contributed by atoms with E-state index in [4.69, 9.17) is 0 Å². The van der Waals surface area contributed by atoms with Crippen molar-refractivity contribution in [2.75, 3.05) is 12.0 Å². The molecule has 0 saturated heterocycles. The van der Waals surface area contributed by atoms with E-state index in [0.29, 0.717) is 10.9 Å². The summed E-state index contributed by atoms with van der Waals surface area (Å²) in [7, 11) is -3.08. The monoisotopic (exact) mass is 252 g/mol. The van der Waals surface area contributed by atoms with Gasteiger partial charge < -0.3 is 0 Å². The number of para-hydroxylation sites is 1. The van der Waals surface area contributed by atoms with Gasteiger partial charge >= 0.3 is 0 Å².